The van der Waals surface area contributed by atoms with Gasteiger partial charge in [0.1, 0.15) is 5.04 Å². The molecule has 3 aliphatic rings. The molecule has 4 heterocycles. The number of amidine groups is 2. The maximum Gasteiger partial charge on any atom is 0.283 e. The summed E-state index contributed by atoms with van der Waals surface area (Å²) in [5.41, 5.74) is 4.47. The van der Waals surface area contributed by atoms with Crippen LogP contribution >= 0.6 is 11.8 Å². The Bertz CT molecular complexity index is 1560. The summed E-state index contributed by atoms with van der Waals surface area (Å²) in [5, 5.41) is 16.5. The van der Waals surface area contributed by atoms with E-state index in [4.69, 9.17) is 5.41 Å². The number of aromatic nitrogens is 1. The minimum absolute atomic E-state index is 0.0246. The first-order chi connectivity index (χ1) is 18.5. The molecule has 38 heavy (non-hydrogen) atoms. The summed E-state index contributed by atoms with van der Waals surface area (Å²) in [6, 6.07) is 16.5. The van der Waals surface area contributed by atoms with Crippen molar-refractivity contribution in [2.24, 2.45) is 10.1 Å². The number of para-hydroxylation sites is 1. The van der Waals surface area contributed by atoms with Crippen molar-refractivity contribution in [3.05, 3.63) is 77.0 Å². The van der Waals surface area contributed by atoms with Crippen LogP contribution in [0, 0.1) is 12.3 Å². The first-order valence-corrected chi connectivity index (χ1v) is 13.7. The summed E-state index contributed by atoms with van der Waals surface area (Å²) in [7, 11) is 0. The molecule has 0 aliphatic carbocycles. The molecule has 0 spiro atoms. The Morgan fingerprint density at radius 1 is 1.11 bits per heavy atom. The lowest BCUT2D eigenvalue weighted by Crippen LogP contribution is -2.36. The lowest BCUT2D eigenvalue weighted by atomic mass is 10.1. The molecule has 0 radical (unpaired) electrons. The number of benzene rings is 2. The predicted molar refractivity (Wildman–Crippen MR) is 152 cm³/mol. The maximum absolute atomic E-state index is 13.0. The molecule has 8 nitrogen and oxygen atoms in total. The number of hydrogen-bond acceptors (Lipinski definition) is 5. The van der Waals surface area contributed by atoms with Crippen LogP contribution in [0.3, 0.4) is 0 Å². The van der Waals surface area contributed by atoms with Crippen LogP contribution in [-0.2, 0) is 16.1 Å². The van der Waals surface area contributed by atoms with E-state index in [0.717, 1.165) is 48.8 Å². The largest absolute Gasteiger partial charge is 0.342 e. The molecule has 2 amide bonds. The molecule has 2 aromatic carbocycles. The van der Waals surface area contributed by atoms with Gasteiger partial charge in [-0.25, -0.2) is 0 Å². The van der Waals surface area contributed by atoms with E-state index in [-0.39, 0.29) is 23.7 Å². The third-order valence-electron chi connectivity index (χ3n) is 7.06. The normalized spacial score (nSPS) is 18.7. The molecular formula is C29H28N6O2S. The van der Waals surface area contributed by atoms with Crippen LogP contribution in [0.15, 0.2) is 70.4 Å². The summed E-state index contributed by atoms with van der Waals surface area (Å²) in [6.07, 6.45) is 7.12. The van der Waals surface area contributed by atoms with Gasteiger partial charge in [0, 0.05) is 42.3 Å². The highest BCUT2D eigenvalue weighted by molar-refractivity contribution is 8.27. The summed E-state index contributed by atoms with van der Waals surface area (Å²) >= 11 is 1.20. The molecule has 1 aromatic heterocycles. The number of amides is 2. The van der Waals surface area contributed by atoms with E-state index in [1.807, 2.05) is 29.3 Å². The van der Waals surface area contributed by atoms with Gasteiger partial charge in [-0.05, 0) is 55.7 Å². The molecule has 0 saturated carbocycles. The number of nitrogens with one attached hydrogen (secondary N) is 1. The quantitative estimate of drug-likeness (QED) is 0.474. The molecule has 1 fully saturated rings. The standard InChI is InChI=1S/C29H28N6O2S/c1-19-8-7-9-20(14-19)17-34-18-21(22-10-3-4-11-24(22)34)15-23-27(30)35-29(31-28(23)37)38-25(32-35)16-26(36)33-12-5-2-6-13-33/h3-4,7-11,14-15,18,30H,2,5-6,12-13,16-17H2,1H3/b23-15-,30-27?. The van der Waals surface area contributed by atoms with Crippen LogP contribution in [0.1, 0.15) is 42.4 Å². The lowest BCUT2D eigenvalue weighted by molar-refractivity contribution is -0.130. The first-order valence-electron chi connectivity index (χ1n) is 12.9. The SMILES string of the molecule is Cc1cccc(Cn2cc(/C=C3/C(=N)N4N=C(CC(=O)N5CCCCC5)SC4=NC3=O)c3ccccc32)c1. The average molecular weight is 525 g/mol. The number of hydrogen-bond donors (Lipinski definition) is 1. The van der Waals surface area contributed by atoms with Crippen molar-refractivity contribution in [3.8, 4) is 0 Å². The molecule has 3 aliphatic heterocycles. The van der Waals surface area contributed by atoms with Crippen LogP contribution in [0.5, 0.6) is 0 Å². The second-order valence-electron chi connectivity index (χ2n) is 9.85. The summed E-state index contributed by atoms with van der Waals surface area (Å²) in [4.78, 5) is 31.8. The average Bonchev–Trinajstić information content (AvgIpc) is 3.48. The fraction of sp³-hybridized carbons (Fsp3) is 0.276. The second-order valence-corrected chi connectivity index (χ2v) is 10.9. The number of nitrogens with zero attached hydrogens (tertiary/aromatic N) is 5. The number of fused-ring (bicyclic) bond motifs is 2. The van der Waals surface area contributed by atoms with Gasteiger partial charge in [0.05, 0.1) is 12.0 Å². The molecule has 192 valence electrons. The number of rotatable bonds is 5. The zero-order valence-electron chi connectivity index (χ0n) is 21.2. The highest BCUT2D eigenvalue weighted by atomic mass is 32.2. The maximum atomic E-state index is 13.0. The Hall–Kier alpha value is -3.98. The Morgan fingerprint density at radius 3 is 2.74 bits per heavy atom. The van der Waals surface area contributed by atoms with Gasteiger partial charge in [-0.1, -0.05) is 48.0 Å². The number of hydrazone groups is 1. The van der Waals surface area contributed by atoms with Gasteiger partial charge in [0.25, 0.3) is 5.91 Å². The number of aliphatic imine (C=N–C) groups is 1. The van der Waals surface area contributed by atoms with E-state index in [9.17, 15) is 9.59 Å². The summed E-state index contributed by atoms with van der Waals surface area (Å²) in [6.45, 7) is 4.33. The van der Waals surface area contributed by atoms with Gasteiger partial charge in [0.15, 0.2) is 5.84 Å². The first kappa shape index (κ1) is 24.4. The van der Waals surface area contributed by atoms with Crippen LogP contribution in [0.2, 0.25) is 0 Å². The topological polar surface area (TPSA) is 94.1 Å². The van der Waals surface area contributed by atoms with Crippen LogP contribution in [-0.4, -0.2) is 55.4 Å². The van der Waals surface area contributed by atoms with E-state index < -0.39 is 5.91 Å². The molecular weight excluding hydrogens is 496 g/mol. The van der Waals surface area contributed by atoms with Crippen LogP contribution < -0.4 is 0 Å². The highest BCUT2D eigenvalue weighted by Gasteiger charge is 2.36. The second kappa shape index (κ2) is 10.1. The minimum Gasteiger partial charge on any atom is -0.342 e. The van der Waals surface area contributed by atoms with E-state index in [1.54, 1.807) is 6.08 Å². The van der Waals surface area contributed by atoms with Crippen molar-refractivity contribution >= 4 is 56.6 Å². The van der Waals surface area contributed by atoms with Crippen molar-refractivity contribution in [3.63, 3.8) is 0 Å². The predicted octanol–water partition coefficient (Wildman–Crippen LogP) is 5.02. The third kappa shape index (κ3) is 4.69. The van der Waals surface area contributed by atoms with Gasteiger partial charge in [0.2, 0.25) is 11.1 Å². The lowest BCUT2D eigenvalue weighted by Gasteiger charge is -2.26. The van der Waals surface area contributed by atoms with Crippen molar-refractivity contribution in [1.29, 1.82) is 5.41 Å². The van der Waals surface area contributed by atoms with Gasteiger partial charge < -0.3 is 9.47 Å². The Labute approximate surface area is 225 Å². The van der Waals surface area contributed by atoms with Gasteiger partial charge in [-0.2, -0.15) is 15.1 Å². The Balaban J connectivity index is 1.28. The van der Waals surface area contributed by atoms with E-state index in [0.29, 0.717) is 16.8 Å². The fourth-order valence-corrected chi connectivity index (χ4v) is 6.05. The smallest absolute Gasteiger partial charge is 0.283 e. The van der Waals surface area contributed by atoms with Crippen LogP contribution in [0.25, 0.3) is 17.0 Å². The number of piperidine rings is 1. The van der Waals surface area contributed by atoms with Crippen molar-refractivity contribution in [1.82, 2.24) is 14.5 Å². The zero-order chi connectivity index (χ0) is 26.2. The number of carbonyl (C=O) groups excluding carboxylic acids is 2. The van der Waals surface area contributed by atoms with Crippen molar-refractivity contribution in [2.75, 3.05) is 13.1 Å². The summed E-state index contributed by atoms with van der Waals surface area (Å²) in [5.74, 6) is -0.460. The molecule has 0 unspecified atom stereocenters. The fourth-order valence-electron chi connectivity index (χ4n) is 5.17. The van der Waals surface area contributed by atoms with Crippen LogP contribution in [0.4, 0.5) is 0 Å². The van der Waals surface area contributed by atoms with Crippen molar-refractivity contribution < 1.29 is 9.59 Å². The zero-order valence-corrected chi connectivity index (χ0v) is 22.0. The molecule has 6 rings (SSSR count). The van der Waals surface area contributed by atoms with E-state index in [2.05, 4.69) is 51.9 Å². The highest BCUT2D eigenvalue weighted by Crippen LogP contribution is 2.31. The monoisotopic (exact) mass is 524 g/mol. The Morgan fingerprint density at radius 2 is 1.92 bits per heavy atom. The molecule has 3 aromatic rings. The van der Waals surface area contributed by atoms with Gasteiger partial charge in [-0.3, -0.25) is 15.0 Å². The third-order valence-corrected chi connectivity index (χ3v) is 7.97. The van der Waals surface area contributed by atoms with Crippen molar-refractivity contribution in [2.45, 2.75) is 39.2 Å². The minimum atomic E-state index is -0.469. The molecule has 1 N–H and O–H groups in total. The van der Waals surface area contributed by atoms with E-state index in [1.165, 1.54) is 27.9 Å². The van der Waals surface area contributed by atoms with Gasteiger partial charge >= 0.3 is 0 Å². The molecule has 9 heteroatoms. The van der Waals surface area contributed by atoms with E-state index >= 15 is 0 Å². The number of aryl methyl sites for hydroxylation is 1. The summed E-state index contributed by atoms with van der Waals surface area (Å²) < 4.78 is 2.16. The number of carbonyl (C=O) groups is 2. The van der Waals surface area contributed by atoms with Gasteiger partial charge in [-0.15, -0.1) is 0 Å². The molecule has 1 saturated heterocycles. The Kier molecular flexibility index (Phi) is 6.45. The number of thioether (sulfide) groups is 1. The number of likely N-dealkylation sites (tertiary alicyclic amines) is 1. The molecule has 0 atom stereocenters. The molecule has 0 bridgehead atoms.